The van der Waals surface area contributed by atoms with Gasteiger partial charge in [-0.1, -0.05) is 0 Å². The number of aldehydes is 6. The molecule has 36 nitrogen and oxygen atoms in total. The van der Waals surface area contributed by atoms with Crippen LogP contribution in [0.1, 0.15) is 0 Å². The lowest BCUT2D eigenvalue weighted by Gasteiger charge is -2.22. The minimum Gasteiger partial charge on any atom is -0.394 e. The van der Waals surface area contributed by atoms with E-state index in [0.717, 1.165) is 0 Å². The Hall–Kier alpha value is -3.18. The first-order valence-electron chi connectivity index (χ1n) is 20.0. The van der Waals surface area contributed by atoms with E-state index in [9.17, 15) is 28.8 Å². The van der Waals surface area contributed by atoms with Crippen molar-refractivity contribution < 1.29 is 182 Å². The Balaban J connectivity index is -0.000000181. The Bertz CT molecular complexity index is 1080. The standard InChI is InChI=1S/6C6H12O6/c6*7-1-3(9)5(11)6(12)4(10)2-8/h6*1,3-6,8-12H,2H2/t6*3-,4+,5+,6+/m000000/s1. The van der Waals surface area contributed by atoms with Crippen molar-refractivity contribution in [3.8, 4) is 0 Å². The van der Waals surface area contributed by atoms with Crippen molar-refractivity contribution in [1.29, 1.82) is 0 Å². The van der Waals surface area contributed by atoms with Crippen LogP contribution in [0.3, 0.4) is 0 Å². The van der Waals surface area contributed by atoms with Crippen LogP contribution < -0.4 is 0 Å². The number of carbonyl (C=O) groups excluding carboxylic acids is 6. The molecule has 0 aliphatic rings. The summed E-state index contributed by atoms with van der Waals surface area (Å²) < 4.78 is 0. The van der Waals surface area contributed by atoms with Crippen molar-refractivity contribution in [2.75, 3.05) is 39.6 Å². The monoisotopic (exact) mass is 1080 g/mol. The maximum Gasteiger partial charge on any atom is 0.151 e. The first-order chi connectivity index (χ1) is 33.2. The quantitative estimate of drug-likeness (QED) is 0.0297. The molecule has 0 aromatic carbocycles. The summed E-state index contributed by atoms with van der Waals surface area (Å²) in [5.74, 6) is 0. The van der Waals surface area contributed by atoms with E-state index in [0.29, 0.717) is 0 Å². The van der Waals surface area contributed by atoms with Gasteiger partial charge in [-0.15, -0.1) is 0 Å². The maximum absolute atomic E-state index is 9.90. The van der Waals surface area contributed by atoms with Crippen molar-refractivity contribution >= 4 is 37.7 Å². The van der Waals surface area contributed by atoms with E-state index >= 15 is 0 Å². The minimum atomic E-state index is -1.79. The summed E-state index contributed by atoms with van der Waals surface area (Å²) >= 11 is 0. The van der Waals surface area contributed by atoms with E-state index in [4.69, 9.17) is 153 Å². The molecule has 0 aliphatic heterocycles. The topological polar surface area (TPSA) is 709 Å². The van der Waals surface area contributed by atoms with Crippen molar-refractivity contribution in [3.63, 3.8) is 0 Å². The summed E-state index contributed by atoms with van der Waals surface area (Å²) in [7, 11) is 0. The molecule has 0 fully saturated rings. The van der Waals surface area contributed by atoms with Gasteiger partial charge >= 0.3 is 0 Å². The number of hydrogen-bond acceptors (Lipinski definition) is 36. The third-order valence-electron chi connectivity index (χ3n) is 8.52. The van der Waals surface area contributed by atoms with Crippen LogP contribution in [-0.4, -0.2) is 377 Å². The normalized spacial score (nSPS) is 21.1. The summed E-state index contributed by atoms with van der Waals surface area (Å²) in [5.41, 5.74) is 0. The van der Waals surface area contributed by atoms with Crippen LogP contribution in [0.4, 0.5) is 0 Å². The average Bonchev–Trinajstić information content (AvgIpc) is 3.42. The summed E-state index contributed by atoms with van der Waals surface area (Å²) in [6.45, 7) is -4.56. The molecule has 0 unspecified atom stereocenters. The highest BCUT2D eigenvalue weighted by atomic mass is 16.4. The number of rotatable bonds is 30. The van der Waals surface area contributed by atoms with Crippen LogP contribution >= 0.6 is 0 Å². The molecule has 0 saturated heterocycles. The Kier molecular flexibility index (Phi) is 51.6. The molecule has 24 atom stereocenters. The summed E-state index contributed by atoms with van der Waals surface area (Å²) in [4.78, 5) is 59.4. The Morgan fingerprint density at radius 1 is 0.181 bits per heavy atom. The van der Waals surface area contributed by atoms with E-state index in [-0.39, 0.29) is 37.7 Å². The van der Waals surface area contributed by atoms with Gasteiger partial charge in [-0.3, -0.25) is 0 Å². The van der Waals surface area contributed by atoms with E-state index < -0.39 is 186 Å². The van der Waals surface area contributed by atoms with E-state index in [1.807, 2.05) is 0 Å². The van der Waals surface area contributed by atoms with Gasteiger partial charge in [-0.05, 0) is 0 Å². The zero-order chi connectivity index (χ0) is 58.3. The molecule has 432 valence electrons. The predicted octanol–water partition coefficient (Wildman–Crippen LogP) is -20.3. The van der Waals surface area contributed by atoms with Gasteiger partial charge in [-0.2, -0.15) is 0 Å². The lowest BCUT2D eigenvalue weighted by Crippen LogP contribution is -2.46. The molecular weight excluding hydrogens is 1010 g/mol. The van der Waals surface area contributed by atoms with Crippen LogP contribution in [0.15, 0.2) is 0 Å². The van der Waals surface area contributed by atoms with Crippen LogP contribution in [0.5, 0.6) is 0 Å². The minimum absolute atomic E-state index is 0.0258. The fourth-order valence-corrected chi connectivity index (χ4v) is 3.71. The molecule has 0 aliphatic carbocycles. The molecule has 0 aromatic heterocycles. The van der Waals surface area contributed by atoms with Crippen molar-refractivity contribution in [3.05, 3.63) is 0 Å². The van der Waals surface area contributed by atoms with Gasteiger partial charge < -0.3 is 182 Å². The second-order valence-corrected chi connectivity index (χ2v) is 14.1. The van der Waals surface area contributed by atoms with E-state index in [1.165, 1.54) is 0 Å². The average molecular weight is 1080 g/mol. The first-order valence-corrected chi connectivity index (χ1v) is 20.0. The highest BCUT2D eigenvalue weighted by Gasteiger charge is 2.33. The largest absolute Gasteiger partial charge is 0.394 e. The third-order valence-corrected chi connectivity index (χ3v) is 8.52. The highest BCUT2D eigenvalue weighted by molar-refractivity contribution is 5.58. The molecule has 0 bridgehead atoms. The third kappa shape index (κ3) is 33.6. The number of aliphatic hydroxyl groups excluding tert-OH is 30. The summed E-state index contributed by atoms with van der Waals surface area (Å²) in [6, 6.07) is 0. The zero-order valence-corrected chi connectivity index (χ0v) is 37.4. The fourth-order valence-electron chi connectivity index (χ4n) is 3.71. The smallest absolute Gasteiger partial charge is 0.151 e. The van der Waals surface area contributed by atoms with Gasteiger partial charge in [0, 0.05) is 0 Å². The SMILES string of the molecule is O=C[C@H](O)[C@@H](O)[C@H](O)[C@H](O)CO.O=C[C@H](O)[C@@H](O)[C@H](O)[C@H](O)CO.O=C[C@H](O)[C@@H](O)[C@H](O)[C@H](O)CO.O=C[C@H](O)[C@@H](O)[C@H](O)[C@H](O)CO.O=C[C@H](O)[C@@H](O)[C@H](O)[C@H](O)CO.O=C[C@H](O)[C@@H](O)[C@H](O)[C@H](O)CO. The van der Waals surface area contributed by atoms with Gasteiger partial charge in [0.1, 0.15) is 146 Å². The number of hydrogen-bond donors (Lipinski definition) is 30. The second kappa shape index (κ2) is 46.4. The molecule has 0 amide bonds. The van der Waals surface area contributed by atoms with E-state index in [2.05, 4.69) is 0 Å². The molecule has 0 heterocycles. The van der Waals surface area contributed by atoms with Gasteiger partial charge in [0.25, 0.3) is 0 Å². The highest BCUT2D eigenvalue weighted by Crippen LogP contribution is 2.07. The molecule has 0 saturated carbocycles. The molecule has 0 radical (unpaired) electrons. The van der Waals surface area contributed by atoms with Crippen LogP contribution in [0.2, 0.25) is 0 Å². The fraction of sp³-hybridized carbons (Fsp3) is 0.833. The zero-order valence-electron chi connectivity index (χ0n) is 37.4. The molecule has 30 N–H and O–H groups in total. The van der Waals surface area contributed by atoms with Gasteiger partial charge in [0.15, 0.2) is 37.7 Å². The maximum atomic E-state index is 9.90. The Morgan fingerprint density at radius 3 is 0.319 bits per heavy atom. The molecule has 36 heteroatoms. The molecule has 72 heavy (non-hydrogen) atoms. The molecule has 0 rings (SSSR count). The van der Waals surface area contributed by atoms with Crippen molar-refractivity contribution in [1.82, 2.24) is 0 Å². The second-order valence-electron chi connectivity index (χ2n) is 14.1. The number of carbonyl (C=O) groups is 6. The van der Waals surface area contributed by atoms with Gasteiger partial charge in [0.2, 0.25) is 0 Å². The summed E-state index contributed by atoms with van der Waals surface area (Å²) in [5, 5.41) is 261. The number of aliphatic hydroxyl groups is 30. The van der Waals surface area contributed by atoms with Crippen LogP contribution in [0.25, 0.3) is 0 Å². The predicted molar refractivity (Wildman–Crippen MR) is 223 cm³/mol. The van der Waals surface area contributed by atoms with Gasteiger partial charge in [-0.25, -0.2) is 0 Å². The molecule has 0 aromatic rings. The van der Waals surface area contributed by atoms with Crippen LogP contribution in [-0.2, 0) is 28.8 Å². The summed E-state index contributed by atoms with van der Waals surface area (Å²) in [6.07, 6.45) is -41.0. The van der Waals surface area contributed by atoms with Gasteiger partial charge in [0.05, 0.1) is 39.6 Å². The van der Waals surface area contributed by atoms with E-state index in [1.54, 1.807) is 0 Å². The lowest BCUT2D eigenvalue weighted by atomic mass is 10.0. The van der Waals surface area contributed by atoms with Crippen LogP contribution in [0, 0.1) is 0 Å². The first kappa shape index (κ1) is 80.2. The lowest BCUT2D eigenvalue weighted by molar-refractivity contribution is -0.136. The Labute approximate surface area is 405 Å². The molecule has 0 spiro atoms. The van der Waals surface area contributed by atoms with Crippen molar-refractivity contribution in [2.24, 2.45) is 0 Å². The Morgan fingerprint density at radius 2 is 0.264 bits per heavy atom. The van der Waals surface area contributed by atoms with Crippen molar-refractivity contribution in [2.45, 2.75) is 146 Å². The molecular formula is C36H72O36.